The Bertz CT molecular complexity index is 1410. The maximum Gasteiger partial charge on any atom is 0.259 e. The lowest BCUT2D eigenvalue weighted by Gasteiger charge is -2.27. The second kappa shape index (κ2) is 9.16. The number of carbonyl (C=O) groups excluding carboxylic acids is 1. The molecule has 0 bridgehead atoms. The number of nitrogens with zero attached hydrogens (tertiary/aromatic N) is 3. The Morgan fingerprint density at radius 1 is 1.12 bits per heavy atom. The number of amides is 1. The summed E-state index contributed by atoms with van der Waals surface area (Å²) in [7, 11) is 0. The second-order valence-corrected chi connectivity index (χ2v) is 9.58. The van der Waals surface area contributed by atoms with E-state index < -0.39 is 0 Å². The molecular weight excluding hydrogens is 442 g/mol. The first-order valence-corrected chi connectivity index (χ1v) is 12.2. The summed E-state index contributed by atoms with van der Waals surface area (Å²) in [4.78, 5) is 20.3. The van der Waals surface area contributed by atoms with E-state index in [2.05, 4.69) is 16.4 Å². The molecule has 0 radical (unpaired) electrons. The van der Waals surface area contributed by atoms with Crippen LogP contribution in [0.1, 0.15) is 40.7 Å². The van der Waals surface area contributed by atoms with Crippen molar-refractivity contribution in [1.82, 2.24) is 9.88 Å². The third kappa shape index (κ3) is 3.97. The summed E-state index contributed by atoms with van der Waals surface area (Å²) in [6.07, 6.45) is 3.13. The first-order valence-electron chi connectivity index (χ1n) is 11.4. The van der Waals surface area contributed by atoms with Gasteiger partial charge in [-0.1, -0.05) is 42.5 Å². The quantitative estimate of drug-likeness (QED) is 0.378. The number of benzene rings is 2. The van der Waals surface area contributed by atoms with Crippen LogP contribution in [0.4, 0.5) is 16.5 Å². The number of thiophene rings is 1. The Kier molecular flexibility index (Phi) is 5.91. The highest BCUT2D eigenvalue weighted by Crippen LogP contribution is 2.44. The predicted octanol–water partition coefficient (Wildman–Crippen LogP) is 6.10. The van der Waals surface area contributed by atoms with Crippen LogP contribution in [-0.4, -0.2) is 28.9 Å². The lowest BCUT2D eigenvalue weighted by atomic mass is 9.99. The summed E-state index contributed by atoms with van der Waals surface area (Å²) in [5.74, 6) is 0.0955. The van der Waals surface area contributed by atoms with Crippen molar-refractivity contribution in [2.75, 3.05) is 24.1 Å². The zero-order chi connectivity index (χ0) is 23.7. The largest absolute Gasteiger partial charge is 0.383 e. The highest BCUT2D eigenvalue weighted by atomic mass is 32.1. The van der Waals surface area contributed by atoms with Crippen LogP contribution in [-0.2, 0) is 0 Å². The summed E-state index contributed by atoms with van der Waals surface area (Å²) < 4.78 is 0.785. The number of hydrogen-bond acceptors (Lipinski definition) is 6. The van der Waals surface area contributed by atoms with E-state index in [0.717, 1.165) is 64.4 Å². The SMILES string of the molecule is Cc1cccc(Nc2sc3c(-c4ccccc4)c(C#N)c(N)nc3c2C(=O)N2CCCCC2)c1. The van der Waals surface area contributed by atoms with E-state index in [0.29, 0.717) is 16.6 Å². The number of nitrogen functional groups attached to an aromatic ring is 1. The Morgan fingerprint density at radius 2 is 1.88 bits per heavy atom. The number of nitrogens with one attached hydrogen (secondary N) is 1. The van der Waals surface area contributed by atoms with Crippen molar-refractivity contribution in [2.45, 2.75) is 26.2 Å². The molecule has 170 valence electrons. The highest BCUT2D eigenvalue weighted by molar-refractivity contribution is 7.24. The molecule has 4 aromatic rings. The zero-order valence-corrected chi connectivity index (χ0v) is 19.8. The summed E-state index contributed by atoms with van der Waals surface area (Å²) in [5.41, 5.74) is 11.3. The van der Waals surface area contributed by atoms with Gasteiger partial charge in [0.05, 0.1) is 10.2 Å². The topological polar surface area (TPSA) is 95.0 Å². The van der Waals surface area contributed by atoms with E-state index in [4.69, 9.17) is 5.73 Å². The van der Waals surface area contributed by atoms with Crippen LogP contribution in [0.25, 0.3) is 21.3 Å². The molecule has 0 unspecified atom stereocenters. The van der Waals surface area contributed by atoms with Crippen molar-refractivity contribution in [1.29, 1.82) is 5.26 Å². The number of anilines is 3. The van der Waals surface area contributed by atoms with Gasteiger partial charge in [0.2, 0.25) is 0 Å². The van der Waals surface area contributed by atoms with Crippen LogP contribution in [0.3, 0.4) is 0 Å². The molecule has 2 aromatic carbocycles. The zero-order valence-electron chi connectivity index (χ0n) is 19.0. The summed E-state index contributed by atoms with van der Waals surface area (Å²) in [5, 5.41) is 14.1. The number of rotatable bonds is 4. The number of likely N-dealkylation sites (tertiary alicyclic amines) is 1. The van der Waals surface area contributed by atoms with Crippen molar-refractivity contribution in [3.63, 3.8) is 0 Å². The maximum atomic E-state index is 13.8. The van der Waals surface area contributed by atoms with Crippen LogP contribution in [0.2, 0.25) is 0 Å². The number of hydrogen-bond donors (Lipinski definition) is 2. The lowest BCUT2D eigenvalue weighted by Crippen LogP contribution is -2.35. The molecule has 0 atom stereocenters. The van der Waals surface area contributed by atoms with Gasteiger partial charge >= 0.3 is 0 Å². The van der Waals surface area contributed by atoms with Gasteiger partial charge in [-0.05, 0) is 49.4 Å². The molecule has 0 saturated carbocycles. The number of nitriles is 1. The molecule has 1 amide bonds. The molecule has 1 aliphatic rings. The van der Waals surface area contributed by atoms with Gasteiger partial charge in [-0.3, -0.25) is 4.79 Å². The lowest BCUT2D eigenvalue weighted by molar-refractivity contribution is 0.0727. The van der Waals surface area contributed by atoms with Crippen molar-refractivity contribution in [3.05, 3.63) is 71.3 Å². The van der Waals surface area contributed by atoms with Gasteiger partial charge in [0, 0.05) is 24.3 Å². The smallest absolute Gasteiger partial charge is 0.259 e. The average Bonchev–Trinajstić information content (AvgIpc) is 3.20. The fraction of sp³-hybridized carbons (Fsp3) is 0.222. The molecule has 1 fully saturated rings. The molecule has 2 aromatic heterocycles. The minimum atomic E-state index is -0.0447. The summed E-state index contributed by atoms with van der Waals surface area (Å²) >= 11 is 1.45. The van der Waals surface area contributed by atoms with Crippen LogP contribution < -0.4 is 11.1 Å². The molecule has 0 spiro atoms. The fourth-order valence-electron chi connectivity index (χ4n) is 4.51. The molecule has 3 N–H and O–H groups in total. The number of aryl methyl sites for hydroxylation is 1. The Balaban J connectivity index is 1.77. The number of nitrogens with two attached hydrogens (primary N) is 1. The Morgan fingerprint density at radius 3 is 2.59 bits per heavy atom. The van der Waals surface area contributed by atoms with Crippen LogP contribution >= 0.6 is 11.3 Å². The van der Waals surface area contributed by atoms with Gasteiger partial charge in [-0.15, -0.1) is 11.3 Å². The van der Waals surface area contributed by atoms with Crippen molar-refractivity contribution < 1.29 is 4.79 Å². The molecular formula is C27H25N5OS. The molecule has 34 heavy (non-hydrogen) atoms. The molecule has 7 heteroatoms. The minimum absolute atomic E-state index is 0.0447. The monoisotopic (exact) mass is 467 g/mol. The Labute approximate surface area is 202 Å². The predicted molar refractivity (Wildman–Crippen MR) is 138 cm³/mol. The molecule has 1 aliphatic heterocycles. The fourth-order valence-corrected chi connectivity index (χ4v) is 5.73. The van der Waals surface area contributed by atoms with Crippen molar-refractivity contribution in [3.8, 4) is 17.2 Å². The molecule has 5 rings (SSSR count). The minimum Gasteiger partial charge on any atom is -0.383 e. The van der Waals surface area contributed by atoms with Crippen LogP contribution in [0.15, 0.2) is 54.6 Å². The van der Waals surface area contributed by atoms with E-state index in [9.17, 15) is 10.1 Å². The van der Waals surface area contributed by atoms with Crippen molar-refractivity contribution >= 4 is 44.0 Å². The number of fused-ring (bicyclic) bond motifs is 1. The van der Waals surface area contributed by atoms with Gasteiger partial charge in [-0.2, -0.15) is 5.26 Å². The first kappa shape index (κ1) is 21.9. The number of aromatic nitrogens is 1. The van der Waals surface area contributed by atoms with E-state index in [1.807, 2.05) is 66.4 Å². The van der Waals surface area contributed by atoms with Crippen LogP contribution in [0, 0.1) is 18.3 Å². The second-order valence-electron chi connectivity index (χ2n) is 8.56. The number of carbonyl (C=O) groups is 1. The third-order valence-electron chi connectivity index (χ3n) is 6.16. The first-order chi connectivity index (χ1) is 16.6. The Hall–Kier alpha value is -3.89. The van der Waals surface area contributed by atoms with Gasteiger partial charge in [0.15, 0.2) is 0 Å². The summed E-state index contributed by atoms with van der Waals surface area (Å²) in [6.45, 7) is 3.50. The van der Waals surface area contributed by atoms with E-state index in [-0.39, 0.29) is 11.7 Å². The standard InChI is InChI=1S/C27H25N5OS/c1-17-9-8-12-19(15-17)30-26-22(27(33)32-13-6-3-7-14-32)23-24(34-26)21(18-10-4-2-5-11-18)20(16-28)25(29)31-23/h2,4-5,8-12,15,30H,3,6-7,13-14H2,1H3,(H2,29,31). The van der Waals surface area contributed by atoms with Crippen LogP contribution in [0.5, 0.6) is 0 Å². The third-order valence-corrected chi connectivity index (χ3v) is 7.27. The number of pyridine rings is 1. The molecule has 3 heterocycles. The van der Waals surface area contributed by atoms with Gasteiger partial charge in [0.1, 0.15) is 28.0 Å². The normalized spacial score (nSPS) is 13.6. The maximum absolute atomic E-state index is 13.8. The van der Waals surface area contributed by atoms with Gasteiger partial charge < -0.3 is 16.0 Å². The highest BCUT2D eigenvalue weighted by Gasteiger charge is 2.29. The van der Waals surface area contributed by atoms with E-state index in [1.54, 1.807) is 0 Å². The van der Waals surface area contributed by atoms with Gasteiger partial charge in [0.25, 0.3) is 5.91 Å². The van der Waals surface area contributed by atoms with E-state index in [1.165, 1.54) is 11.3 Å². The number of piperidine rings is 1. The molecule has 0 aliphatic carbocycles. The van der Waals surface area contributed by atoms with E-state index >= 15 is 0 Å². The van der Waals surface area contributed by atoms with Crippen molar-refractivity contribution in [2.24, 2.45) is 0 Å². The van der Waals surface area contributed by atoms with Gasteiger partial charge in [-0.25, -0.2) is 4.98 Å². The molecule has 6 nitrogen and oxygen atoms in total. The molecule has 1 saturated heterocycles. The average molecular weight is 468 g/mol. The summed E-state index contributed by atoms with van der Waals surface area (Å²) in [6, 6.07) is 20.0.